The van der Waals surface area contributed by atoms with Gasteiger partial charge in [0.1, 0.15) is 17.2 Å². The molecule has 0 spiro atoms. The highest BCUT2D eigenvalue weighted by Gasteiger charge is 1.95. The molecule has 1 aromatic heterocycles. The monoisotopic (exact) mass is 226 g/mol. The van der Waals surface area contributed by atoms with Gasteiger partial charge in [-0.15, -0.1) is 11.8 Å². The first-order chi connectivity index (χ1) is 7.36. The molecule has 1 heterocycles. The number of nitrogens with zero attached hydrogens (tertiary/aromatic N) is 2. The van der Waals surface area contributed by atoms with Crippen molar-refractivity contribution in [2.75, 3.05) is 31.2 Å². The Hall–Kier alpha value is -0.810. The van der Waals surface area contributed by atoms with Crippen LogP contribution in [0, 0.1) is 0 Å². The van der Waals surface area contributed by atoms with E-state index in [9.17, 15) is 0 Å². The van der Waals surface area contributed by atoms with Crippen LogP contribution in [0.15, 0.2) is 17.4 Å². The molecule has 4 nitrogen and oxygen atoms in total. The smallest absolute Gasteiger partial charge is 0.130 e. The molecular formula is C10H18N4S. The summed E-state index contributed by atoms with van der Waals surface area (Å²) in [6.07, 6.45) is 4.77. The zero-order chi connectivity index (χ0) is 10.9. The minimum absolute atomic E-state index is 0.894. The summed E-state index contributed by atoms with van der Waals surface area (Å²) >= 11 is 1.62. The van der Waals surface area contributed by atoms with Crippen molar-refractivity contribution in [3.63, 3.8) is 0 Å². The van der Waals surface area contributed by atoms with Crippen molar-refractivity contribution in [1.29, 1.82) is 0 Å². The van der Waals surface area contributed by atoms with Crippen molar-refractivity contribution in [1.82, 2.24) is 15.3 Å². The van der Waals surface area contributed by atoms with Crippen molar-refractivity contribution < 1.29 is 0 Å². The minimum atomic E-state index is 0.894. The van der Waals surface area contributed by atoms with E-state index in [2.05, 4.69) is 27.5 Å². The van der Waals surface area contributed by atoms with Gasteiger partial charge in [-0.25, -0.2) is 9.97 Å². The molecule has 5 heteroatoms. The van der Waals surface area contributed by atoms with E-state index in [1.54, 1.807) is 18.1 Å². The van der Waals surface area contributed by atoms with Crippen LogP contribution in [0.1, 0.15) is 13.3 Å². The van der Waals surface area contributed by atoms with E-state index >= 15 is 0 Å². The molecule has 0 bridgehead atoms. The zero-order valence-corrected chi connectivity index (χ0v) is 10.1. The first-order valence-corrected chi connectivity index (χ1v) is 6.40. The molecule has 0 unspecified atom stereocenters. The van der Waals surface area contributed by atoms with Crippen LogP contribution in [0.3, 0.4) is 0 Å². The highest BCUT2D eigenvalue weighted by atomic mass is 32.2. The Bertz CT molecular complexity index is 280. The van der Waals surface area contributed by atoms with E-state index in [1.165, 1.54) is 6.42 Å². The van der Waals surface area contributed by atoms with Gasteiger partial charge >= 0.3 is 0 Å². The Morgan fingerprint density at radius 3 is 2.87 bits per heavy atom. The maximum absolute atomic E-state index is 4.14. The van der Waals surface area contributed by atoms with Gasteiger partial charge in [-0.05, 0) is 19.2 Å². The van der Waals surface area contributed by atoms with Crippen LogP contribution in [0.5, 0.6) is 0 Å². The van der Waals surface area contributed by atoms with E-state index in [4.69, 9.17) is 0 Å². The van der Waals surface area contributed by atoms with Crippen molar-refractivity contribution in [2.45, 2.75) is 18.4 Å². The molecule has 0 fully saturated rings. The summed E-state index contributed by atoms with van der Waals surface area (Å²) in [4.78, 5) is 8.25. The molecular weight excluding hydrogens is 208 g/mol. The van der Waals surface area contributed by atoms with Crippen molar-refractivity contribution in [3.8, 4) is 0 Å². The molecule has 0 saturated carbocycles. The van der Waals surface area contributed by atoms with Gasteiger partial charge in [-0.2, -0.15) is 0 Å². The fourth-order valence-corrected chi connectivity index (χ4v) is 1.51. The van der Waals surface area contributed by atoms with Gasteiger partial charge in [0, 0.05) is 19.2 Å². The van der Waals surface area contributed by atoms with Crippen LogP contribution >= 0.6 is 11.8 Å². The highest BCUT2D eigenvalue weighted by Crippen LogP contribution is 2.12. The molecule has 15 heavy (non-hydrogen) atoms. The lowest BCUT2D eigenvalue weighted by Gasteiger charge is -2.06. The fourth-order valence-electron chi connectivity index (χ4n) is 1.13. The predicted octanol–water partition coefficient (Wildman–Crippen LogP) is 1.61. The number of hydrogen-bond acceptors (Lipinski definition) is 5. The minimum Gasteiger partial charge on any atom is -0.369 e. The number of thioether (sulfide) groups is 1. The second-order valence-electron chi connectivity index (χ2n) is 3.12. The number of aromatic nitrogens is 2. The van der Waals surface area contributed by atoms with Crippen LogP contribution in [-0.4, -0.2) is 35.9 Å². The molecule has 2 N–H and O–H groups in total. The lowest BCUT2D eigenvalue weighted by atomic mass is 10.4. The normalized spacial score (nSPS) is 10.3. The molecule has 0 amide bonds. The predicted molar refractivity (Wildman–Crippen MR) is 65.5 cm³/mol. The summed E-state index contributed by atoms with van der Waals surface area (Å²) in [5, 5.41) is 7.57. The summed E-state index contributed by atoms with van der Waals surface area (Å²) in [6.45, 7) is 5.09. The van der Waals surface area contributed by atoms with Crippen LogP contribution in [0.4, 0.5) is 5.82 Å². The van der Waals surface area contributed by atoms with Crippen LogP contribution in [0.25, 0.3) is 0 Å². The van der Waals surface area contributed by atoms with Crippen molar-refractivity contribution in [2.24, 2.45) is 0 Å². The van der Waals surface area contributed by atoms with Crippen LogP contribution in [-0.2, 0) is 0 Å². The number of anilines is 1. The average Bonchev–Trinajstić information content (AvgIpc) is 2.29. The quantitative estimate of drug-likeness (QED) is 0.420. The summed E-state index contributed by atoms with van der Waals surface area (Å²) in [5.74, 6) is 0.896. The lowest BCUT2D eigenvalue weighted by molar-refractivity contribution is 0.687. The van der Waals surface area contributed by atoms with E-state index in [0.29, 0.717) is 0 Å². The number of rotatable bonds is 7. The molecule has 0 aliphatic heterocycles. The first kappa shape index (κ1) is 12.3. The largest absolute Gasteiger partial charge is 0.369 e. The molecule has 1 aromatic rings. The third kappa shape index (κ3) is 4.99. The maximum Gasteiger partial charge on any atom is 0.130 e. The lowest BCUT2D eigenvalue weighted by Crippen LogP contribution is -2.23. The van der Waals surface area contributed by atoms with E-state index in [1.807, 2.05) is 12.3 Å². The van der Waals surface area contributed by atoms with Crippen molar-refractivity contribution in [3.05, 3.63) is 12.4 Å². The molecule has 0 radical (unpaired) electrons. The fraction of sp³-hybridized carbons (Fsp3) is 0.600. The van der Waals surface area contributed by atoms with E-state index in [0.717, 1.165) is 30.5 Å². The van der Waals surface area contributed by atoms with Crippen molar-refractivity contribution >= 4 is 17.6 Å². The maximum atomic E-state index is 4.14. The second-order valence-corrected chi connectivity index (χ2v) is 3.95. The topological polar surface area (TPSA) is 49.8 Å². The summed E-state index contributed by atoms with van der Waals surface area (Å²) < 4.78 is 0. The zero-order valence-electron chi connectivity index (χ0n) is 9.29. The molecule has 0 atom stereocenters. The van der Waals surface area contributed by atoms with Gasteiger partial charge in [-0.3, -0.25) is 0 Å². The van der Waals surface area contributed by atoms with E-state index in [-0.39, 0.29) is 0 Å². The third-order valence-corrected chi connectivity index (χ3v) is 2.53. The second kappa shape index (κ2) is 7.48. The molecule has 84 valence electrons. The third-order valence-electron chi connectivity index (χ3n) is 1.89. The Labute approximate surface area is 95.3 Å². The standard InChI is InChI=1S/C10H18N4S/c1-3-4-11-5-6-12-9-7-10(15-2)14-8-13-9/h7-8,11H,3-6H2,1-2H3,(H,12,13,14). The van der Waals surface area contributed by atoms with Gasteiger partial charge in [-0.1, -0.05) is 6.92 Å². The van der Waals surface area contributed by atoms with E-state index < -0.39 is 0 Å². The summed E-state index contributed by atoms with van der Waals surface area (Å²) in [6, 6.07) is 1.96. The SMILES string of the molecule is CCCNCCNc1cc(SC)ncn1. The van der Waals surface area contributed by atoms with Crippen LogP contribution < -0.4 is 10.6 Å². The Morgan fingerprint density at radius 1 is 1.27 bits per heavy atom. The van der Waals surface area contributed by atoms with Gasteiger partial charge in [0.15, 0.2) is 0 Å². The summed E-state index contributed by atoms with van der Waals surface area (Å²) in [5.41, 5.74) is 0. The molecule has 1 rings (SSSR count). The molecule has 0 saturated heterocycles. The molecule has 0 aromatic carbocycles. The Kier molecular flexibility index (Phi) is 6.11. The Morgan fingerprint density at radius 2 is 2.13 bits per heavy atom. The number of hydrogen-bond donors (Lipinski definition) is 2. The number of nitrogens with one attached hydrogen (secondary N) is 2. The van der Waals surface area contributed by atoms with Gasteiger partial charge in [0.25, 0.3) is 0 Å². The molecule has 0 aliphatic carbocycles. The average molecular weight is 226 g/mol. The molecule has 0 aliphatic rings. The van der Waals surface area contributed by atoms with Crippen LogP contribution in [0.2, 0.25) is 0 Å². The van der Waals surface area contributed by atoms with Gasteiger partial charge in [0.05, 0.1) is 0 Å². The van der Waals surface area contributed by atoms with Gasteiger partial charge in [0.2, 0.25) is 0 Å². The first-order valence-electron chi connectivity index (χ1n) is 5.17. The summed E-state index contributed by atoms with van der Waals surface area (Å²) in [7, 11) is 0. The highest BCUT2D eigenvalue weighted by molar-refractivity contribution is 7.98. The van der Waals surface area contributed by atoms with Gasteiger partial charge < -0.3 is 10.6 Å². The Balaban J connectivity index is 2.24.